The molecule has 2 aromatic heterocycles. The Balaban J connectivity index is 1.56. The summed E-state index contributed by atoms with van der Waals surface area (Å²) in [6, 6.07) is 19.1. The molecule has 0 unspecified atom stereocenters. The number of halogens is 1. The molecule has 1 aliphatic heterocycles. The normalized spacial score (nSPS) is 17.4. The third kappa shape index (κ3) is 4.26. The Labute approximate surface area is 213 Å². The lowest BCUT2D eigenvalue weighted by Gasteiger charge is -2.43. The van der Waals surface area contributed by atoms with Gasteiger partial charge in [0.05, 0.1) is 11.4 Å². The van der Waals surface area contributed by atoms with Gasteiger partial charge in [0.25, 0.3) is 5.91 Å². The van der Waals surface area contributed by atoms with Crippen molar-refractivity contribution in [2.75, 3.05) is 4.90 Å². The van der Waals surface area contributed by atoms with Crippen LogP contribution in [-0.4, -0.2) is 27.1 Å². The van der Waals surface area contributed by atoms with E-state index in [1.54, 1.807) is 52.1 Å². The maximum absolute atomic E-state index is 13.9. The summed E-state index contributed by atoms with van der Waals surface area (Å²) in [7, 11) is 0. The lowest BCUT2D eigenvalue weighted by molar-refractivity contribution is -0.126. The van der Waals surface area contributed by atoms with Crippen LogP contribution in [0.2, 0.25) is 5.02 Å². The van der Waals surface area contributed by atoms with Gasteiger partial charge in [-0.15, -0.1) is 11.3 Å². The zero-order valence-electron chi connectivity index (χ0n) is 19.7. The summed E-state index contributed by atoms with van der Waals surface area (Å²) in [5.74, 6) is -0.522. The van der Waals surface area contributed by atoms with Gasteiger partial charge in [0.15, 0.2) is 0 Å². The van der Waals surface area contributed by atoms with E-state index in [0.29, 0.717) is 22.9 Å². The van der Waals surface area contributed by atoms with E-state index < -0.39 is 5.54 Å². The molecule has 8 heteroatoms. The van der Waals surface area contributed by atoms with Crippen LogP contribution < -0.4 is 10.2 Å². The molecule has 178 valence electrons. The first-order valence-electron chi connectivity index (χ1n) is 11.3. The molecular formula is C27H25ClN4O2S. The molecular weight excluding hydrogens is 480 g/mol. The maximum atomic E-state index is 13.9. The molecule has 5 rings (SSSR count). The number of nitrogens with zero attached hydrogens (tertiary/aromatic N) is 3. The molecule has 6 nitrogen and oxygen atoms in total. The number of rotatable bonds is 5. The number of carbonyl (C=O) groups excluding carboxylic acids is 2. The van der Waals surface area contributed by atoms with Gasteiger partial charge in [0.1, 0.15) is 16.9 Å². The van der Waals surface area contributed by atoms with Gasteiger partial charge in [-0.25, -0.2) is 0 Å². The third-order valence-corrected chi connectivity index (χ3v) is 7.48. The first-order chi connectivity index (χ1) is 16.8. The van der Waals surface area contributed by atoms with Gasteiger partial charge >= 0.3 is 0 Å². The van der Waals surface area contributed by atoms with Crippen LogP contribution in [-0.2, 0) is 17.9 Å². The van der Waals surface area contributed by atoms with Crippen molar-refractivity contribution in [3.63, 3.8) is 0 Å². The number of amides is 2. The molecule has 0 bridgehead atoms. The minimum atomic E-state index is -1.20. The average molecular weight is 505 g/mol. The van der Waals surface area contributed by atoms with Crippen LogP contribution in [0.5, 0.6) is 0 Å². The molecule has 0 saturated carbocycles. The quantitative estimate of drug-likeness (QED) is 0.383. The van der Waals surface area contributed by atoms with Crippen molar-refractivity contribution in [2.45, 2.75) is 39.4 Å². The molecule has 0 saturated heterocycles. The van der Waals surface area contributed by atoms with E-state index in [-0.39, 0.29) is 18.4 Å². The van der Waals surface area contributed by atoms with E-state index in [4.69, 9.17) is 16.7 Å². The molecule has 0 radical (unpaired) electrons. The highest BCUT2D eigenvalue weighted by Gasteiger charge is 2.49. The van der Waals surface area contributed by atoms with Gasteiger partial charge < -0.3 is 5.32 Å². The molecule has 2 amide bonds. The number of hydrogen-bond donors (Lipinski definition) is 1. The monoisotopic (exact) mass is 504 g/mol. The van der Waals surface area contributed by atoms with Crippen LogP contribution in [0.1, 0.15) is 34.1 Å². The molecule has 1 N–H and O–H groups in total. The lowest BCUT2D eigenvalue weighted by atomic mass is 9.93. The van der Waals surface area contributed by atoms with Crippen molar-refractivity contribution in [3.05, 3.63) is 93.5 Å². The van der Waals surface area contributed by atoms with Crippen LogP contribution in [0.15, 0.2) is 66.0 Å². The lowest BCUT2D eigenvalue weighted by Crippen LogP contribution is -2.64. The largest absolute Gasteiger partial charge is 0.350 e. The van der Waals surface area contributed by atoms with Crippen molar-refractivity contribution < 1.29 is 9.59 Å². The molecule has 0 spiro atoms. The molecule has 0 fully saturated rings. The minimum Gasteiger partial charge on any atom is -0.350 e. The fourth-order valence-electron chi connectivity index (χ4n) is 4.57. The summed E-state index contributed by atoms with van der Waals surface area (Å²) in [6.07, 6.45) is 0. The number of anilines is 1. The molecule has 3 heterocycles. The summed E-state index contributed by atoms with van der Waals surface area (Å²) >= 11 is 7.76. The minimum absolute atomic E-state index is 0.223. The van der Waals surface area contributed by atoms with Crippen LogP contribution in [0.3, 0.4) is 0 Å². The Bertz CT molecular complexity index is 1430. The summed E-state index contributed by atoms with van der Waals surface area (Å²) in [4.78, 5) is 30.3. The number of thiophene rings is 1. The van der Waals surface area contributed by atoms with Gasteiger partial charge in [0, 0.05) is 17.3 Å². The fourth-order valence-corrected chi connectivity index (χ4v) is 5.48. The number of benzene rings is 2. The van der Waals surface area contributed by atoms with Gasteiger partial charge in [0.2, 0.25) is 5.91 Å². The van der Waals surface area contributed by atoms with Crippen LogP contribution in [0.4, 0.5) is 5.69 Å². The van der Waals surface area contributed by atoms with E-state index in [2.05, 4.69) is 5.32 Å². The predicted molar refractivity (Wildman–Crippen MR) is 140 cm³/mol. The first kappa shape index (κ1) is 23.3. The molecule has 2 aromatic carbocycles. The number of hydrogen-bond acceptors (Lipinski definition) is 4. The Kier molecular flexibility index (Phi) is 5.99. The summed E-state index contributed by atoms with van der Waals surface area (Å²) in [5, 5.41) is 10.3. The first-order valence-corrected chi connectivity index (χ1v) is 12.6. The second-order valence-electron chi connectivity index (χ2n) is 9.07. The highest BCUT2D eigenvalue weighted by molar-refractivity contribution is 7.13. The van der Waals surface area contributed by atoms with Crippen LogP contribution >= 0.6 is 22.9 Å². The number of aromatic nitrogens is 2. The van der Waals surface area contributed by atoms with Gasteiger partial charge in [-0.2, -0.15) is 5.10 Å². The summed E-state index contributed by atoms with van der Waals surface area (Å²) < 4.78 is 1.66. The number of carbonyl (C=O) groups is 2. The molecule has 1 atom stereocenters. The van der Waals surface area contributed by atoms with Crippen LogP contribution in [0, 0.1) is 13.8 Å². The summed E-state index contributed by atoms with van der Waals surface area (Å²) in [5.41, 5.74) is 3.56. The second kappa shape index (κ2) is 8.98. The standard InChI is InChI=1S/C27H25ClN4O2S/c1-17-6-4-7-19(12-17)15-29-26(34)27(3)16-31-23(14-21(30-31)24-8-5-11-35-24)25(33)32(27)22-10-9-20(28)13-18(22)2/h4-14H,15-16H2,1-3H3,(H,29,34)/t27-/m1/s1. The SMILES string of the molecule is Cc1cccc(CNC(=O)[C@@]2(C)Cn3nc(-c4cccs4)cc3C(=O)N2c2ccc(Cl)cc2C)c1. The maximum Gasteiger partial charge on any atom is 0.277 e. The van der Waals surface area contributed by atoms with E-state index in [0.717, 1.165) is 27.3 Å². The highest BCUT2D eigenvalue weighted by atomic mass is 35.5. The molecule has 4 aromatic rings. The summed E-state index contributed by atoms with van der Waals surface area (Å²) in [6.45, 7) is 6.29. The number of aryl methyl sites for hydroxylation is 2. The zero-order valence-corrected chi connectivity index (χ0v) is 21.3. The fraction of sp³-hybridized carbons (Fsp3) is 0.222. The van der Waals surface area contributed by atoms with E-state index in [1.807, 2.05) is 55.6 Å². The van der Waals surface area contributed by atoms with Crippen molar-refractivity contribution in [2.24, 2.45) is 0 Å². The molecule has 1 aliphatic rings. The predicted octanol–water partition coefficient (Wildman–Crippen LogP) is 5.62. The van der Waals surface area contributed by atoms with Crippen molar-refractivity contribution >= 4 is 40.4 Å². The van der Waals surface area contributed by atoms with Crippen molar-refractivity contribution in [1.82, 2.24) is 15.1 Å². The second-order valence-corrected chi connectivity index (χ2v) is 10.5. The van der Waals surface area contributed by atoms with Gasteiger partial charge in [-0.3, -0.25) is 19.2 Å². The van der Waals surface area contributed by atoms with Gasteiger partial charge in [-0.1, -0.05) is 47.5 Å². The van der Waals surface area contributed by atoms with Crippen molar-refractivity contribution in [3.8, 4) is 10.6 Å². The van der Waals surface area contributed by atoms with E-state index in [9.17, 15) is 9.59 Å². The highest BCUT2D eigenvalue weighted by Crippen LogP contribution is 2.37. The smallest absolute Gasteiger partial charge is 0.277 e. The molecule has 35 heavy (non-hydrogen) atoms. The molecule has 0 aliphatic carbocycles. The Morgan fingerprint density at radius 1 is 1.14 bits per heavy atom. The topological polar surface area (TPSA) is 67.2 Å². The van der Waals surface area contributed by atoms with Crippen LogP contribution in [0.25, 0.3) is 10.6 Å². The average Bonchev–Trinajstić information content (AvgIpc) is 3.49. The number of fused-ring (bicyclic) bond motifs is 1. The number of nitrogens with one attached hydrogen (secondary N) is 1. The Morgan fingerprint density at radius 3 is 2.69 bits per heavy atom. The Hall–Kier alpha value is -3.42. The van der Waals surface area contributed by atoms with E-state index >= 15 is 0 Å². The third-order valence-electron chi connectivity index (χ3n) is 6.35. The zero-order chi connectivity index (χ0) is 24.7. The Morgan fingerprint density at radius 2 is 1.97 bits per heavy atom. The van der Waals surface area contributed by atoms with Crippen molar-refractivity contribution in [1.29, 1.82) is 0 Å². The van der Waals surface area contributed by atoms with E-state index in [1.165, 1.54) is 0 Å². The van der Waals surface area contributed by atoms with Gasteiger partial charge in [-0.05, 0) is 67.6 Å².